The van der Waals surface area contributed by atoms with Gasteiger partial charge in [-0.25, -0.2) is 0 Å². The quantitative estimate of drug-likeness (QED) is 0.0351. The number of rotatable bonds is 35. The van der Waals surface area contributed by atoms with Crippen molar-refractivity contribution in [1.82, 2.24) is 20.3 Å². The maximum atomic E-state index is 6.81. The Morgan fingerprint density at radius 3 is 0.643 bits per heavy atom. The first-order valence-corrected chi connectivity index (χ1v) is 42.0. The number of ether oxygens (including phenoxy) is 7. The molecule has 4 saturated heterocycles. The minimum atomic E-state index is -0.122. The topological polar surface area (TPSA) is 114 Å². The lowest BCUT2D eigenvalue weighted by molar-refractivity contribution is -0.304. The molecule has 7 aromatic rings. The van der Waals surface area contributed by atoms with Crippen molar-refractivity contribution in [3.63, 3.8) is 0 Å². The summed E-state index contributed by atoms with van der Waals surface area (Å²) < 4.78 is 46.6. The lowest BCUT2D eigenvalue weighted by Gasteiger charge is -2.52. The lowest BCUT2D eigenvalue weighted by Crippen LogP contribution is -2.58. The zero-order chi connectivity index (χ0) is 80.4. The molecule has 0 saturated carbocycles. The largest absolute Gasteiger partial charge is 0.489 e. The fourth-order valence-corrected chi connectivity index (χ4v) is 17.5. The molecule has 0 aromatic heterocycles. The number of hydroxylamine groups is 8. The van der Waals surface area contributed by atoms with Gasteiger partial charge < -0.3 is 33.2 Å². The molecule has 4 atom stereocenters. The molecule has 7 aromatic carbocycles. The maximum Gasteiger partial charge on any atom is 0.123 e. The van der Waals surface area contributed by atoms with Crippen LogP contribution < -0.4 is 28.4 Å². The van der Waals surface area contributed by atoms with Crippen LogP contribution in [-0.2, 0) is 70.3 Å². The van der Waals surface area contributed by atoms with Gasteiger partial charge in [-0.2, -0.15) is 20.3 Å². The molecule has 0 N–H and O–H groups in total. The van der Waals surface area contributed by atoms with Gasteiger partial charge in [-0.1, -0.05) is 110 Å². The van der Waals surface area contributed by atoms with E-state index in [0.29, 0.717) is 74.1 Å². The number of nitrogens with zero attached hydrogens (tertiary/aromatic N) is 4. The lowest BCUT2D eigenvalue weighted by atomic mass is 9.82. The molecule has 4 unspecified atom stereocenters. The van der Waals surface area contributed by atoms with Crippen LogP contribution in [0.3, 0.4) is 0 Å². The molecular weight excluding hydrogens is 1400 g/mol. The van der Waals surface area contributed by atoms with Crippen molar-refractivity contribution in [2.45, 2.75) is 350 Å². The van der Waals surface area contributed by atoms with Gasteiger partial charge in [0.15, 0.2) is 0 Å². The number of benzene rings is 7. The highest BCUT2D eigenvalue weighted by atomic mass is 16.7. The van der Waals surface area contributed by atoms with E-state index < -0.39 is 0 Å². The van der Waals surface area contributed by atoms with E-state index in [1.807, 2.05) is 54.6 Å². The van der Waals surface area contributed by atoms with Gasteiger partial charge in [0.25, 0.3) is 0 Å². The Labute approximate surface area is 673 Å². The Bertz CT molecular complexity index is 3600. The zero-order valence-electron chi connectivity index (χ0n) is 72.1. The van der Waals surface area contributed by atoms with Gasteiger partial charge in [0.1, 0.15) is 98.6 Å². The number of hydrogen-bond acceptors (Lipinski definition) is 15. The molecule has 4 aliphatic heterocycles. The predicted molar refractivity (Wildman–Crippen MR) is 449 cm³/mol. The molecule has 0 radical (unpaired) electrons. The Kier molecular flexibility index (Phi) is 27.9. The Morgan fingerprint density at radius 1 is 0.259 bits per heavy atom. The maximum absolute atomic E-state index is 6.81. The summed E-state index contributed by atoms with van der Waals surface area (Å²) in [6.07, 6.45) is 15.1. The molecule has 15 heteroatoms. The molecule has 0 aliphatic carbocycles. The Balaban J connectivity index is 0.811. The molecule has 112 heavy (non-hydrogen) atoms. The fourth-order valence-electron chi connectivity index (χ4n) is 17.5. The van der Waals surface area contributed by atoms with Crippen molar-refractivity contribution in [3.8, 4) is 34.5 Å². The average Bonchev–Trinajstić information content (AvgIpc) is 0.793. The van der Waals surface area contributed by atoms with Gasteiger partial charge in [-0.3, -0.25) is 19.4 Å². The van der Waals surface area contributed by atoms with Crippen LogP contribution in [0.25, 0.3) is 0 Å². The zero-order valence-corrected chi connectivity index (χ0v) is 72.1. The monoisotopic (exact) mass is 1530 g/mol. The fraction of sp³-hybridized carbons (Fsp3) is 0.567. The summed E-state index contributed by atoms with van der Waals surface area (Å²) in [6.45, 7) is 50.2. The van der Waals surface area contributed by atoms with Gasteiger partial charge in [0.05, 0.1) is 6.61 Å². The molecule has 610 valence electrons. The van der Waals surface area contributed by atoms with Crippen molar-refractivity contribution >= 4 is 0 Å². The highest BCUT2D eigenvalue weighted by Gasteiger charge is 2.47. The van der Waals surface area contributed by atoms with Crippen molar-refractivity contribution in [3.05, 3.63) is 213 Å². The summed E-state index contributed by atoms with van der Waals surface area (Å²) in [4.78, 5) is 27.1. The van der Waals surface area contributed by atoms with Crippen LogP contribution in [0.4, 0.5) is 0 Å². The summed E-state index contributed by atoms with van der Waals surface area (Å²) in [5.74, 6) is 3.93. The van der Waals surface area contributed by atoms with Crippen molar-refractivity contribution < 1.29 is 52.5 Å². The van der Waals surface area contributed by atoms with E-state index in [1.165, 1.54) is 25.7 Å². The highest BCUT2D eigenvalue weighted by Crippen LogP contribution is 2.46. The Hall–Kier alpha value is -7.02. The minimum Gasteiger partial charge on any atom is -0.489 e. The van der Waals surface area contributed by atoms with Gasteiger partial charge in [0, 0.05) is 69.1 Å². The van der Waals surface area contributed by atoms with Crippen LogP contribution in [0, 0.1) is 0 Å². The third-order valence-corrected chi connectivity index (χ3v) is 23.7. The molecule has 4 heterocycles. The smallest absolute Gasteiger partial charge is 0.123 e. The first-order chi connectivity index (χ1) is 52.9. The number of piperidine rings is 4. The van der Waals surface area contributed by atoms with Crippen LogP contribution in [-0.4, -0.2) is 71.2 Å². The molecule has 0 amide bonds. The summed E-state index contributed by atoms with van der Waals surface area (Å²) in [5, 5.41) is 8.97. The van der Waals surface area contributed by atoms with Crippen LogP contribution in [0.5, 0.6) is 34.5 Å². The molecule has 0 bridgehead atoms. The summed E-state index contributed by atoms with van der Waals surface area (Å²) in [7, 11) is 0. The van der Waals surface area contributed by atoms with Crippen LogP contribution in [0.2, 0.25) is 0 Å². The second-order valence-electron chi connectivity index (χ2n) is 37.6. The second-order valence-corrected chi connectivity index (χ2v) is 37.6. The van der Waals surface area contributed by atoms with Gasteiger partial charge in [-0.15, -0.1) is 0 Å². The van der Waals surface area contributed by atoms with Crippen LogP contribution in [0.15, 0.2) is 152 Å². The van der Waals surface area contributed by atoms with E-state index in [1.54, 1.807) is 0 Å². The van der Waals surface area contributed by atoms with Crippen molar-refractivity contribution in [2.75, 3.05) is 6.61 Å². The summed E-state index contributed by atoms with van der Waals surface area (Å²) in [6, 6.07) is 52.5. The van der Waals surface area contributed by atoms with Crippen LogP contribution >= 0.6 is 0 Å². The van der Waals surface area contributed by atoms with E-state index in [0.717, 1.165) is 125 Å². The van der Waals surface area contributed by atoms with E-state index in [2.05, 4.69) is 263 Å². The van der Waals surface area contributed by atoms with E-state index in [9.17, 15) is 0 Å². The second kappa shape index (κ2) is 36.4. The standard InChI is InChI=1S/C97H136N4O11/c1-22-23-52-102-62-77-53-84(107-67-78-55-86(103-63-73-28-36-80(37-29-73)69(2)109-98-90(6,7)44-24-45-91(98,8)9)60-87(56-78)104-64-74-30-38-81(39-31-74)70(3)110-99-92(10,11)46-25-47-93(99,12)13)59-85(54-77)108-68-79-57-88(105-65-75-32-40-82(41-33-75)71(4)111-100-94(14,15)48-26-49-95(100,16)17)61-89(58-79)106-66-76-34-42-83(43-35-76)72(5)112-101-96(18,19)50-27-51-97(101,20)21/h28-43,53-61,69-72H,22-27,44-52,62-68H2,1-21H3. The molecule has 0 spiro atoms. The highest BCUT2D eigenvalue weighted by molar-refractivity contribution is 5.43. The average molecular weight is 1530 g/mol. The molecule has 4 fully saturated rings. The Morgan fingerprint density at radius 2 is 0.446 bits per heavy atom. The van der Waals surface area contributed by atoms with E-state index in [4.69, 9.17) is 52.5 Å². The van der Waals surface area contributed by atoms with Gasteiger partial charge in [0.2, 0.25) is 0 Å². The third kappa shape index (κ3) is 22.7. The number of hydrogen-bond donors (Lipinski definition) is 0. The predicted octanol–water partition coefficient (Wildman–Crippen LogP) is 24.6. The summed E-state index contributed by atoms with van der Waals surface area (Å²) >= 11 is 0. The van der Waals surface area contributed by atoms with E-state index in [-0.39, 0.29) is 81.9 Å². The first kappa shape index (κ1) is 85.9. The molecule has 11 rings (SSSR count). The molecular formula is C97H136N4O11. The third-order valence-electron chi connectivity index (χ3n) is 23.7. The number of unbranched alkanes of at least 4 members (excludes halogenated alkanes) is 1. The van der Waals surface area contributed by atoms with Crippen molar-refractivity contribution in [2.24, 2.45) is 0 Å². The van der Waals surface area contributed by atoms with Crippen LogP contribution in [0.1, 0.15) is 321 Å². The normalized spacial score (nSPS) is 20.4. The van der Waals surface area contributed by atoms with Gasteiger partial charge in [-0.05, 0) is 320 Å². The van der Waals surface area contributed by atoms with E-state index >= 15 is 0 Å². The summed E-state index contributed by atoms with van der Waals surface area (Å²) in [5.41, 5.74) is 10.8. The molecule has 15 nitrogen and oxygen atoms in total. The first-order valence-electron chi connectivity index (χ1n) is 42.0. The minimum absolute atomic E-state index is 0.0601. The SMILES string of the molecule is CCCCOCc1cc(OCc2cc(OCc3ccc(C(C)ON4C(C)(C)CCCC4(C)C)cc3)cc(OCc3ccc(C(C)ON4C(C)(C)CCCC4(C)C)cc3)c2)cc(OCc2cc(OCc3ccc(C(C)ON4C(C)(C)CCCC4(C)C)cc3)cc(OCc3ccc(C(C)ON4C(C)(C)CCCC4(C)C)cc3)c2)c1. The van der Waals surface area contributed by atoms with Crippen molar-refractivity contribution in [1.29, 1.82) is 0 Å². The van der Waals surface area contributed by atoms with Gasteiger partial charge >= 0.3 is 0 Å². The molecule has 4 aliphatic rings.